The summed E-state index contributed by atoms with van der Waals surface area (Å²) in [6.45, 7) is 16.0. The van der Waals surface area contributed by atoms with Crippen molar-refractivity contribution in [3.8, 4) is 0 Å². The van der Waals surface area contributed by atoms with Crippen LogP contribution in [-0.2, 0) is 14.6 Å². The molecule has 0 bridgehead atoms. The Morgan fingerprint density at radius 2 is 1.59 bits per heavy atom. The maximum Gasteiger partial charge on any atom is 0.311 e. The third-order valence-corrected chi connectivity index (χ3v) is 4.24. The first kappa shape index (κ1) is 21.4. The largest absolute Gasteiger partial charge is 0.481 e. The molecule has 0 aliphatic rings. The zero-order valence-corrected chi connectivity index (χ0v) is 15.8. The lowest BCUT2D eigenvalue weighted by molar-refractivity contribution is -0.390. The van der Waals surface area contributed by atoms with E-state index in [0.717, 1.165) is 25.7 Å². The number of rotatable bonds is 10. The summed E-state index contributed by atoms with van der Waals surface area (Å²) in [5, 5.41) is 9.45. The zero-order chi connectivity index (χ0) is 17.6. The quantitative estimate of drug-likeness (QED) is 0.341. The first-order chi connectivity index (χ1) is 9.82. The van der Waals surface area contributed by atoms with Crippen molar-refractivity contribution in [2.24, 2.45) is 10.8 Å². The van der Waals surface area contributed by atoms with Gasteiger partial charge in [0, 0.05) is 0 Å². The Kier molecular flexibility index (Phi) is 8.07. The van der Waals surface area contributed by atoms with Crippen LogP contribution in [0.2, 0.25) is 0 Å². The van der Waals surface area contributed by atoms with Gasteiger partial charge in [-0.3, -0.25) is 4.79 Å². The van der Waals surface area contributed by atoms with E-state index in [0.29, 0.717) is 11.8 Å². The molecule has 0 saturated carbocycles. The molecule has 0 saturated heterocycles. The lowest BCUT2D eigenvalue weighted by Gasteiger charge is -2.32. The fourth-order valence-electron chi connectivity index (χ4n) is 1.90. The van der Waals surface area contributed by atoms with Gasteiger partial charge in [-0.1, -0.05) is 40.5 Å². The van der Waals surface area contributed by atoms with Gasteiger partial charge < -0.3 is 5.11 Å². The Labute approximate surface area is 136 Å². The van der Waals surface area contributed by atoms with Crippen LogP contribution in [0.1, 0.15) is 87.5 Å². The molecule has 132 valence electrons. The van der Waals surface area contributed by atoms with Gasteiger partial charge >= 0.3 is 5.97 Å². The predicted molar refractivity (Wildman–Crippen MR) is 89.7 cm³/mol. The average molecular weight is 316 g/mol. The van der Waals surface area contributed by atoms with Gasteiger partial charge in [0.25, 0.3) is 0 Å². The second kappa shape index (κ2) is 8.30. The van der Waals surface area contributed by atoms with Crippen molar-refractivity contribution >= 4 is 5.97 Å². The van der Waals surface area contributed by atoms with E-state index in [-0.39, 0.29) is 0 Å². The third-order valence-electron chi connectivity index (χ3n) is 4.24. The summed E-state index contributed by atoms with van der Waals surface area (Å²) in [5.74, 6) is -0.855. The first-order valence-electron chi connectivity index (χ1n) is 8.40. The van der Waals surface area contributed by atoms with Crippen LogP contribution >= 0.6 is 0 Å². The van der Waals surface area contributed by atoms with Crippen LogP contribution in [0.15, 0.2) is 0 Å². The van der Waals surface area contributed by atoms with E-state index in [1.54, 1.807) is 13.8 Å². The minimum absolute atomic E-state index is 0.305. The second-order valence-electron chi connectivity index (χ2n) is 8.61. The maximum atomic E-state index is 11.5. The van der Waals surface area contributed by atoms with E-state index in [9.17, 15) is 9.90 Å². The van der Waals surface area contributed by atoms with E-state index in [1.807, 2.05) is 20.8 Å². The number of hydrogen-bond acceptors (Lipinski definition) is 3. The van der Waals surface area contributed by atoms with Crippen molar-refractivity contribution in [2.75, 3.05) is 0 Å². The van der Waals surface area contributed by atoms with Crippen LogP contribution in [0.4, 0.5) is 0 Å². The van der Waals surface area contributed by atoms with Gasteiger partial charge in [0.15, 0.2) is 0 Å². The van der Waals surface area contributed by atoms with Crippen molar-refractivity contribution in [3.63, 3.8) is 0 Å². The molecule has 4 nitrogen and oxygen atoms in total. The molecule has 22 heavy (non-hydrogen) atoms. The molecule has 1 unspecified atom stereocenters. The van der Waals surface area contributed by atoms with Gasteiger partial charge in [0.05, 0.1) is 11.0 Å². The molecule has 0 aliphatic heterocycles. The lowest BCUT2D eigenvalue weighted by Crippen LogP contribution is -2.41. The van der Waals surface area contributed by atoms with Crippen molar-refractivity contribution in [1.82, 2.24) is 0 Å². The van der Waals surface area contributed by atoms with Crippen molar-refractivity contribution in [2.45, 2.75) is 99.2 Å². The molecule has 1 atom stereocenters. The molecule has 0 fully saturated rings. The van der Waals surface area contributed by atoms with E-state index in [1.165, 1.54) is 0 Å². The summed E-state index contributed by atoms with van der Waals surface area (Å²) in [5.41, 5.74) is -1.07. The van der Waals surface area contributed by atoms with Crippen LogP contribution in [0, 0.1) is 10.8 Å². The molecule has 0 aromatic rings. The van der Waals surface area contributed by atoms with E-state index >= 15 is 0 Å². The Bertz CT molecular complexity index is 339. The van der Waals surface area contributed by atoms with Crippen LogP contribution in [-0.4, -0.2) is 22.8 Å². The number of carboxylic acid groups (broad SMARTS) is 1. The van der Waals surface area contributed by atoms with Gasteiger partial charge in [-0.15, -0.1) is 0 Å². The monoisotopic (exact) mass is 316 g/mol. The average Bonchev–Trinajstić information content (AvgIpc) is 2.35. The summed E-state index contributed by atoms with van der Waals surface area (Å²) in [4.78, 5) is 22.6. The highest BCUT2D eigenvalue weighted by Gasteiger charge is 2.39. The van der Waals surface area contributed by atoms with Gasteiger partial charge in [-0.05, 0) is 52.4 Å². The maximum absolute atomic E-state index is 11.5. The lowest BCUT2D eigenvalue weighted by atomic mass is 9.83. The molecule has 0 aromatic carbocycles. The standard InChI is InChI=1S/C18H36O4/c1-9-17(5,6)22-21-14(18(7,8)15(19)20)12-10-11-13-16(2,3)4/h14H,9-13H2,1-8H3,(H,19,20). The molecular weight excluding hydrogens is 280 g/mol. The van der Waals surface area contributed by atoms with Crippen LogP contribution in [0.25, 0.3) is 0 Å². The molecule has 0 heterocycles. The number of hydrogen-bond donors (Lipinski definition) is 1. The Morgan fingerprint density at radius 1 is 1.05 bits per heavy atom. The van der Waals surface area contributed by atoms with Crippen molar-refractivity contribution in [3.05, 3.63) is 0 Å². The molecule has 0 aromatic heterocycles. The summed E-state index contributed by atoms with van der Waals surface area (Å²) in [6.07, 6.45) is 4.17. The van der Waals surface area contributed by atoms with Gasteiger partial charge in [0.1, 0.15) is 6.10 Å². The fourth-order valence-corrected chi connectivity index (χ4v) is 1.90. The smallest absolute Gasteiger partial charge is 0.311 e. The molecular formula is C18H36O4. The van der Waals surface area contributed by atoms with Crippen molar-refractivity contribution < 1.29 is 19.7 Å². The number of aliphatic carboxylic acids is 1. The topological polar surface area (TPSA) is 55.8 Å². The fraction of sp³-hybridized carbons (Fsp3) is 0.944. The SMILES string of the molecule is CCC(C)(C)OOC(CCCCC(C)(C)C)C(C)(C)C(=O)O. The minimum Gasteiger partial charge on any atom is -0.481 e. The summed E-state index contributed by atoms with van der Waals surface area (Å²) in [6, 6.07) is 0. The molecule has 4 heteroatoms. The van der Waals surface area contributed by atoms with Gasteiger partial charge in [-0.25, -0.2) is 9.78 Å². The van der Waals surface area contributed by atoms with Gasteiger partial charge in [0.2, 0.25) is 0 Å². The minimum atomic E-state index is -0.967. The molecule has 0 rings (SSSR count). The summed E-state index contributed by atoms with van der Waals surface area (Å²) in [7, 11) is 0. The predicted octanol–water partition coefficient (Wildman–Crippen LogP) is 5.21. The molecule has 0 aliphatic carbocycles. The Hall–Kier alpha value is -0.610. The first-order valence-corrected chi connectivity index (χ1v) is 8.40. The molecule has 0 spiro atoms. The number of carboxylic acids is 1. The van der Waals surface area contributed by atoms with Crippen molar-refractivity contribution in [1.29, 1.82) is 0 Å². The van der Waals surface area contributed by atoms with E-state index in [2.05, 4.69) is 20.8 Å². The number of unbranched alkanes of at least 4 members (excludes halogenated alkanes) is 1. The summed E-state index contributed by atoms with van der Waals surface area (Å²) < 4.78 is 0. The highest BCUT2D eigenvalue weighted by atomic mass is 17.2. The normalized spacial score (nSPS) is 14.9. The highest BCUT2D eigenvalue weighted by Crippen LogP contribution is 2.31. The third kappa shape index (κ3) is 8.14. The van der Waals surface area contributed by atoms with Crippen LogP contribution < -0.4 is 0 Å². The highest BCUT2D eigenvalue weighted by molar-refractivity contribution is 5.74. The van der Waals surface area contributed by atoms with E-state index < -0.39 is 23.1 Å². The van der Waals surface area contributed by atoms with E-state index in [4.69, 9.17) is 9.78 Å². The zero-order valence-electron chi connectivity index (χ0n) is 15.8. The van der Waals surface area contributed by atoms with Gasteiger partial charge in [-0.2, -0.15) is 0 Å². The number of carbonyl (C=O) groups is 1. The Morgan fingerprint density at radius 3 is 2.00 bits per heavy atom. The second-order valence-corrected chi connectivity index (χ2v) is 8.61. The molecule has 1 N–H and O–H groups in total. The molecule has 0 amide bonds. The summed E-state index contributed by atoms with van der Waals surface area (Å²) >= 11 is 0. The van der Waals surface area contributed by atoms with Crippen LogP contribution in [0.5, 0.6) is 0 Å². The van der Waals surface area contributed by atoms with Crippen LogP contribution in [0.3, 0.4) is 0 Å². The molecule has 0 radical (unpaired) electrons. The Balaban J connectivity index is 4.64.